The highest BCUT2D eigenvalue weighted by Gasteiger charge is 2.31. The number of nitrogens with zero attached hydrogens (tertiary/aromatic N) is 2. The van der Waals surface area contributed by atoms with E-state index in [1.54, 1.807) is 24.8 Å². The lowest BCUT2D eigenvalue weighted by Gasteiger charge is -2.36. The van der Waals surface area contributed by atoms with Crippen LogP contribution in [-0.4, -0.2) is 64.0 Å². The SMILES string of the molecule is CC(C)[C@@H](NS(=O)(=O)c1cccc(Cl)c1)C(=O)OCC(=O)N1CCN(c2ccccc2)CC1. The number of carbonyl (C=O) groups excluding carboxylic acids is 2. The molecule has 1 fully saturated rings. The first-order valence-corrected chi connectivity index (χ1v) is 12.6. The molecule has 1 aliphatic rings. The van der Waals surface area contributed by atoms with Gasteiger partial charge in [0, 0.05) is 36.9 Å². The molecular formula is C23H28ClN3O5S. The maximum atomic E-state index is 12.7. The molecule has 10 heteroatoms. The summed E-state index contributed by atoms with van der Waals surface area (Å²) in [7, 11) is -4.00. The van der Waals surface area contributed by atoms with E-state index in [1.165, 1.54) is 18.2 Å². The second-order valence-corrected chi connectivity index (χ2v) is 10.3. The lowest BCUT2D eigenvalue weighted by molar-refractivity contribution is -0.154. The normalized spacial score (nSPS) is 15.4. The molecule has 2 aromatic rings. The quantitative estimate of drug-likeness (QED) is 0.568. The summed E-state index contributed by atoms with van der Waals surface area (Å²) >= 11 is 5.89. The number of amides is 1. The smallest absolute Gasteiger partial charge is 0.324 e. The Morgan fingerprint density at radius 2 is 1.70 bits per heavy atom. The van der Waals surface area contributed by atoms with E-state index in [9.17, 15) is 18.0 Å². The Hall–Kier alpha value is -2.62. The van der Waals surface area contributed by atoms with Crippen LogP contribution in [0.3, 0.4) is 0 Å². The Bertz CT molecular complexity index is 1070. The van der Waals surface area contributed by atoms with E-state index in [0.29, 0.717) is 26.2 Å². The van der Waals surface area contributed by atoms with Gasteiger partial charge in [-0.05, 0) is 36.2 Å². The Morgan fingerprint density at radius 3 is 2.30 bits per heavy atom. The van der Waals surface area contributed by atoms with Crippen LogP contribution < -0.4 is 9.62 Å². The summed E-state index contributed by atoms with van der Waals surface area (Å²) in [6.07, 6.45) is 0. The van der Waals surface area contributed by atoms with E-state index in [-0.39, 0.29) is 15.8 Å². The molecule has 0 aliphatic carbocycles. The molecule has 0 bridgehead atoms. The van der Waals surface area contributed by atoms with Gasteiger partial charge in [-0.15, -0.1) is 0 Å². The highest BCUT2D eigenvalue weighted by molar-refractivity contribution is 7.89. The molecule has 0 unspecified atom stereocenters. The first-order chi connectivity index (χ1) is 15.7. The Morgan fingerprint density at radius 1 is 1.03 bits per heavy atom. The van der Waals surface area contributed by atoms with Gasteiger partial charge in [0.15, 0.2) is 6.61 Å². The average Bonchev–Trinajstić information content (AvgIpc) is 2.81. The number of sulfonamides is 1. The van der Waals surface area contributed by atoms with Gasteiger partial charge in [-0.1, -0.05) is 49.7 Å². The van der Waals surface area contributed by atoms with Crippen LogP contribution in [0.1, 0.15) is 13.8 Å². The van der Waals surface area contributed by atoms with Crippen LogP contribution in [-0.2, 0) is 24.3 Å². The molecule has 1 N–H and O–H groups in total. The number of carbonyl (C=O) groups is 2. The van der Waals surface area contributed by atoms with Gasteiger partial charge in [0.1, 0.15) is 6.04 Å². The number of hydrogen-bond acceptors (Lipinski definition) is 6. The number of rotatable bonds is 8. The molecule has 8 nitrogen and oxygen atoms in total. The van der Waals surface area contributed by atoms with Crippen molar-refractivity contribution in [3.63, 3.8) is 0 Å². The predicted octanol–water partition coefficient (Wildman–Crippen LogP) is 2.53. The Balaban J connectivity index is 1.54. The molecule has 0 radical (unpaired) electrons. The third-order valence-corrected chi connectivity index (χ3v) is 7.07. The first kappa shape index (κ1) is 25.0. The number of ether oxygens (including phenoxy) is 1. The summed E-state index contributed by atoms with van der Waals surface area (Å²) in [6, 6.07) is 14.5. The van der Waals surface area contributed by atoms with E-state index in [4.69, 9.17) is 16.3 Å². The van der Waals surface area contributed by atoms with Crippen molar-refractivity contribution < 1.29 is 22.7 Å². The van der Waals surface area contributed by atoms with Gasteiger partial charge in [-0.25, -0.2) is 8.42 Å². The third kappa shape index (κ3) is 6.69. The van der Waals surface area contributed by atoms with Crippen molar-refractivity contribution >= 4 is 39.2 Å². The largest absolute Gasteiger partial charge is 0.454 e. The summed E-state index contributed by atoms with van der Waals surface area (Å²) in [5.41, 5.74) is 1.10. The van der Waals surface area contributed by atoms with E-state index >= 15 is 0 Å². The topological polar surface area (TPSA) is 96.0 Å². The molecule has 1 atom stereocenters. The Kier molecular flexibility index (Phi) is 8.34. The van der Waals surface area contributed by atoms with Gasteiger partial charge in [0.05, 0.1) is 4.90 Å². The number of benzene rings is 2. The molecule has 0 aromatic heterocycles. The van der Waals surface area contributed by atoms with Crippen LogP contribution in [0.2, 0.25) is 5.02 Å². The van der Waals surface area contributed by atoms with Gasteiger partial charge < -0.3 is 14.5 Å². The summed E-state index contributed by atoms with van der Waals surface area (Å²) < 4.78 is 32.9. The van der Waals surface area contributed by atoms with Crippen molar-refractivity contribution in [3.8, 4) is 0 Å². The number of hydrogen-bond donors (Lipinski definition) is 1. The molecule has 3 rings (SSSR count). The van der Waals surface area contributed by atoms with Gasteiger partial charge >= 0.3 is 5.97 Å². The molecule has 1 heterocycles. The van der Waals surface area contributed by atoms with Gasteiger partial charge in [0.25, 0.3) is 5.91 Å². The molecule has 1 amide bonds. The lowest BCUT2D eigenvalue weighted by Crippen LogP contribution is -2.50. The van der Waals surface area contributed by atoms with Gasteiger partial charge in [-0.2, -0.15) is 4.72 Å². The van der Waals surface area contributed by atoms with Crippen molar-refractivity contribution in [2.45, 2.75) is 24.8 Å². The Labute approximate surface area is 199 Å². The van der Waals surface area contributed by atoms with Crippen molar-refractivity contribution in [1.29, 1.82) is 0 Å². The zero-order chi connectivity index (χ0) is 24.0. The van der Waals surface area contributed by atoms with Crippen LogP contribution in [0.25, 0.3) is 0 Å². The number of piperazine rings is 1. The molecule has 1 saturated heterocycles. The molecule has 33 heavy (non-hydrogen) atoms. The van der Waals surface area contributed by atoms with Crippen LogP contribution in [0.4, 0.5) is 5.69 Å². The minimum absolute atomic E-state index is 0.0548. The molecule has 1 aliphatic heterocycles. The fourth-order valence-corrected chi connectivity index (χ4v) is 5.13. The summed E-state index contributed by atoms with van der Waals surface area (Å²) in [4.78, 5) is 29.0. The monoisotopic (exact) mass is 493 g/mol. The van der Waals surface area contributed by atoms with Crippen molar-refractivity contribution in [2.24, 2.45) is 5.92 Å². The van der Waals surface area contributed by atoms with Crippen LogP contribution in [0, 0.1) is 5.92 Å². The second kappa shape index (κ2) is 11.0. The molecule has 2 aromatic carbocycles. The summed E-state index contributed by atoms with van der Waals surface area (Å²) in [5.74, 6) is -1.50. The maximum Gasteiger partial charge on any atom is 0.324 e. The number of halogens is 1. The van der Waals surface area contributed by atoms with E-state index in [2.05, 4.69) is 9.62 Å². The van der Waals surface area contributed by atoms with Crippen molar-refractivity contribution in [3.05, 3.63) is 59.6 Å². The van der Waals surface area contributed by atoms with Crippen LogP contribution >= 0.6 is 11.6 Å². The zero-order valence-electron chi connectivity index (χ0n) is 18.6. The number of nitrogens with one attached hydrogen (secondary N) is 1. The first-order valence-electron chi connectivity index (χ1n) is 10.7. The number of anilines is 1. The number of para-hydroxylation sites is 1. The minimum Gasteiger partial charge on any atom is -0.454 e. The molecule has 178 valence electrons. The van der Waals surface area contributed by atoms with E-state index in [0.717, 1.165) is 5.69 Å². The third-order valence-electron chi connectivity index (χ3n) is 5.40. The van der Waals surface area contributed by atoms with E-state index < -0.39 is 34.6 Å². The molecular weight excluding hydrogens is 466 g/mol. The average molecular weight is 494 g/mol. The van der Waals surface area contributed by atoms with Gasteiger partial charge in [0.2, 0.25) is 10.0 Å². The fourth-order valence-electron chi connectivity index (χ4n) is 3.49. The summed E-state index contributed by atoms with van der Waals surface area (Å²) in [5, 5.41) is 0.263. The second-order valence-electron chi connectivity index (χ2n) is 8.11. The molecule has 0 saturated carbocycles. The van der Waals surface area contributed by atoms with Crippen molar-refractivity contribution in [1.82, 2.24) is 9.62 Å². The van der Waals surface area contributed by atoms with Crippen LogP contribution in [0.15, 0.2) is 59.5 Å². The van der Waals surface area contributed by atoms with Crippen LogP contribution in [0.5, 0.6) is 0 Å². The number of esters is 1. The van der Waals surface area contributed by atoms with Gasteiger partial charge in [-0.3, -0.25) is 9.59 Å². The molecule has 0 spiro atoms. The highest BCUT2D eigenvalue weighted by Crippen LogP contribution is 2.18. The zero-order valence-corrected chi connectivity index (χ0v) is 20.2. The maximum absolute atomic E-state index is 12.7. The fraction of sp³-hybridized carbons (Fsp3) is 0.391. The standard InChI is InChI=1S/C23H28ClN3O5S/c1-17(2)22(25-33(30,31)20-10-6-7-18(24)15-20)23(29)32-16-21(28)27-13-11-26(12-14-27)19-8-4-3-5-9-19/h3-10,15,17,22,25H,11-14,16H2,1-2H3/t22-/m1/s1. The van der Waals surface area contributed by atoms with Crippen molar-refractivity contribution in [2.75, 3.05) is 37.7 Å². The minimum atomic E-state index is -4.00. The summed E-state index contributed by atoms with van der Waals surface area (Å²) in [6.45, 7) is 5.33. The lowest BCUT2D eigenvalue weighted by atomic mass is 10.1. The highest BCUT2D eigenvalue weighted by atomic mass is 35.5. The predicted molar refractivity (Wildman–Crippen MR) is 127 cm³/mol. The van der Waals surface area contributed by atoms with E-state index in [1.807, 2.05) is 30.3 Å².